The predicted octanol–water partition coefficient (Wildman–Crippen LogP) is 3.40. The van der Waals surface area contributed by atoms with Crippen LogP contribution in [-0.2, 0) is 0 Å². The number of unbranched alkanes of at least 4 members (excludes halogenated alkanes) is 2. The Bertz CT molecular complexity index is 409. The van der Waals surface area contributed by atoms with Gasteiger partial charge in [-0.15, -0.1) is 0 Å². The molecule has 0 aliphatic rings. The zero-order valence-electron chi connectivity index (χ0n) is 12.9. The number of hydrogen-bond donors (Lipinski definition) is 1. The second kappa shape index (κ2) is 8.46. The Balaban J connectivity index is 2.66. The first-order valence-electron chi connectivity index (χ1n) is 7.14. The molecule has 0 bridgehead atoms. The molecule has 0 spiro atoms. The Labute approximate surface area is 121 Å². The first-order chi connectivity index (χ1) is 9.60. The van der Waals surface area contributed by atoms with Crippen LogP contribution in [0.2, 0.25) is 0 Å². The second-order valence-electron chi connectivity index (χ2n) is 4.97. The smallest absolute Gasteiger partial charge is 0.251 e. The monoisotopic (exact) mass is 279 g/mol. The highest BCUT2D eigenvalue weighted by molar-refractivity contribution is 5.95. The Hall–Kier alpha value is -1.71. The second-order valence-corrected chi connectivity index (χ2v) is 4.97. The number of benzene rings is 1. The van der Waals surface area contributed by atoms with Crippen molar-refractivity contribution in [2.75, 3.05) is 14.2 Å². The zero-order chi connectivity index (χ0) is 15.0. The molecule has 1 atom stereocenters. The number of amides is 1. The van der Waals surface area contributed by atoms with E-state index in [9.17, 15) is 4.79 Å². The van der Waals surface area contributed by atoms with E-state index in [-0.39, 0.29) is 11.9 Å². The molecule has 0 heterocycles. The van der Waals surface area contributed by atoms with E-state index in [1.807, 2.05) is 6.92 Å². The minimum absolute atomic E-state index is 0.0915. The van der Waals surface area contributed by atoms with Crippen LogP contribution in [-0.4, -0.2) is 26.2 Å². The third-order valence-corrected chi connectivity index (χ3v) is 3.23. The topological polar surface area (TPSA) is 47.6 Å². The molecule has 0 radical (unpaired) electrons. The van der Waals surface area contributed by atoms with Crippen molar-refractivity contribution in [3.8, 4) is 11.5 Å². The first-order valence-corrected chi connectivity index (χ1v) is 7.14. The molecule has 0 aromatic heterocycles. The van der Waals surface area contributed by atoms with Gasteiger partial charge in [-0.25, -0.2) is 0 Å². The molecule has 0 saturated heterocycles. The molecule has 1 N–H and O–H groups in total. The average Bonchev–Trinajstić information content (AvgIpc) is 2.46. The maximum atomic E-state index is 12.2. The molecule has 1 aromatic rings. The summed E-state index contributed by atoms with van der Waals surface area (Å²) in [7, 11) is 3.15. The molecule has 0 aliphatic heterocycles. The lowest BCUT2D eigenvalue weighted by Crippen LogP contribution is -2.32. The third kappa shape index (κ3) is 5.11. The van der Waals surface area contributed by atoms with Crippen molar-refractivity contribution in [2.24, 2.45) is 0 Å². The predicted molar refractivity (Wildman–Crippen MR) is 80.6 cm³/mol. The maximum Gasteiger partial charge on any atom is 0.251 e. The summed E-state index contributed by atoms with van der Waals surface area (Å²) in [5.74, 6) is 1.15. The molecule has 0 fully saturated rings. The van der Waals surface area contributed by atoms with Gasteiger partial charge in [-0.1, -0.05) is 26.2 Å². The number of nitrogens with one attached hydrogen (secondary N) is 1. The van der Waals surface area contributed by atoms with Crippen LogP contribution >= 0.6 is 0 Å². The van der Waals surface area contributed by atoms with Crippen LogP contribution < -0.4 is 14.8 Å². The van der Waals surface area contributed by atoms with E-state index >= 15 is 0 Å². The van der Waals surface area contributed by atoms with Gasteiger partial charge >= 0.3 is 0 Å². The van der Waals surface area contributed by atoms with Gasteiger partial charge < -0.3 is 14.8 Å². The van der Waals surface area contributed by atoms with Crippen molar-refractivity contribution >= 4 is 5.91 Å². The van der Waals surface area contributed by atoms with Gasteiger partial charge in [-0.05, 0) is 25.5 Å². The number of rotatable bonds is 8. The molecule has 1 rings (SSSR count). The quantitative estimate of drug-likeness (QED) is 0.742. The van der Waals surface area contributed by atoms with Crippen LogP contribution in [0.4, 0.5) is 0 Å². The Morgan fingerprint density at radius 1 is 1.15 bits per heavy atom. The molecule has 0 saturated carbocycles. The summed E-state index contributed by atoms with van der Waals surface area (Å²) in [6.45, 7) is 4.21. The van der Waals surface area contributed by atoms with Crippen LogP contribution in [0.25, 0.3) is 0 Å². The highest BCUT2D eigenvalue weighted by atomic mass is 16.5. The van der Waals surface area contributed by atoms with Crippen molar-refractivity contribution in [2.45, 2.75) is 45.6 Å². The fraction of sp³-hybridized carbons (Fsp3) is 0.562. The lowest BCUT2D eigenvalue weighted by Gasteiger charge is -2.14. The van der Waals surface area contributed by atoms with Crippen LogP contribution in [0.3, 0.4) is 0 Å². The van der Waals surface area contributed by atoms with Crippen LogP contribution in [0.1, 0.15) is 49.9 Å². The summed E-state index contributed by atoms with van der Waals surface area (Å²) >= 11 is 0. The van der Waals surface area contributed by atoms with Crippen LogP contribution in [0.15, 0.2) is 18.2 Å². The van der Waals surface area contributed by atoms with E-state index in [1.54, 1.807) is 32.4 Å². The first kappa shape index (κ1) is 16.3. The molecule has 20 heavy (non-hydrogen) atoms. The largest absolute Gasteiger partial charge is 0.497 e. The molecule has 0 aliphatic carbocycles. The normalized spacial score (nSPS) is 11.8. The van der Waals surface area contributed by atoms with Gasteiger partial charge in [0.15, 0.2) is 0 Å². The van der Waals surface area contributed by atoms with Crippen LogP contribution in [0, 0.1) is 0 Å². The van der Waals surface area contributed by atoms with Crippen molar-refractivity contribution in [1.29, 1.82) is 0 Å². The summed E-state index contributed by atoms with van der Waals surface area (Å²) in [4.78, 5) is 12.2. The molecule has 1 amide bonds. The van der Waals surface area contributed by atoms with E-state index in [0.29, 0.717) is 17.1 Å². The van der Waals surface area contributed by atoms with E-state index in [2.05, 4.69) is 12.2 Å². The maximum absolute atomic E-state index is 12.2. The number of methoxy groups -OCH3 is 2. The van der Waals surface area contributed by atoms with Gasteiger partial charge in [-0.2, -0.15) is 0 Å². The number of carbonyl (C=O) groups excluding carboxylic acids is 1. The van der Waals surface area contributed by atoms with Crippen molar-refractivity contribution in [3.05, 3.63) is 23.8 Å². The molecule has 4 heteroatoms. The van der Waals surface area contributed by atoms with Gasteiger partial charge in [0.25, 0.3) is 5.91 Å². The van der Waals surface area contributed by atoms with Crippen molar-refractivity contribution in [3.63, 3.8) is 0 Å². The summed E-state index contributed by atoms with van der Waals surface area (Å²) in [5.41, 5.74) is 0.559. The fourth-order valence-corrected chi connectivity index (χ4v) is 2.02. The standard InChI is InChI=1S/C16H25NO3/c1-5-6-7-8-12(2)17-16(18)13-9-14(19-3)11-15(10-13)20-4/h9-12H,5-8H2,1-4H3,(H,17,18). The van der Waals surface area contributed by atoms with Gasteiger partial charge in [0.1, 0.15) is 11.5 Å². The molecular formula is C16H25NO3. The van der Waals surface area contributed by atoms with Crippen molar-refractivity contribution in [1.82, 2.24) is 5.32 Å². The average molecular weight is 279 g/mol. The SMILES string of the molecule is CCCCCC(C)NC(=O)c1cc(OC)cc(OC)c1. The summed E-state index contributed by atoms with van der Waals surface area (Å²) in [5, 5.41) is 3.01. The van der Waals surface area contributed by atoms with Gasteiger partial charge in [0, 0.05) is 17.7 Å². The fourth-order valence-electron chi connectivity index (χ4n) is 2.02. The molecular weight excluding hydrogens is 254 g/mol. The number of carbonyl (C=O) groups is 1. The minimum Gasteiger partial charge on any atom is -0.497 e. The highest BCUT2D eigenvalue weighted by Gasteiger charge is 2.12. The minimum atomic E-state index is -0.0915. The van der Waals surface area contributed by atoms with E-state index in [0.717, 1.165) is 12.8 Å². The lowest BCUT2D eigenvalue weighted by molar-refractivity contribution is 0.0937. The summed E-state index contributed by atoms with van der Waals surface area (Å²) < 4.78 is 10.3. The highest BCUT2D eigenvalue weighted by Crippen LogP contribution is 2.22. The van der Waals surface area contributed by atoms with E-state index in [1.165, 1.54) is 12.8 Å². The van der Waals surface area contributed by atoms with Crippen LogP contribution in [0.5, 0.6) is 11.5 Å². The molecule has 4 nitrogen and oxygen atoms in total. The van der Waals surface area contributed by atoms with Gasteiger partial charge in [-0.3, -0.25) is 4.79 Å². The third-order valence-electron chi connectivity index (χ3n) is 3.23. The van der Waals surface area contributed by atoms with Crippen molar-refractivity contribution < 1.29 is 14.3 Å². The number of ether oxygens (including phenoxy) is 2. The van der Waals surface area contributed by atoms with E-state index < -0.39 is 0 Å². The summed E-state index contributed by atoms with van der Waals surface area (Å²) in [6.07, 6.45) is 4.53. The Kier molecular flexibility index (Phi) is 6.91. The van der Waals surface area contributed by atoms with E-state index in [4.69, 9.17) is 9.47 Å². The number of hydrogen-bond acceptors (Lipinski definition) is 3. The lowest BCUT2D eigenvalue weighted by atomic mass is 10.1. The Morgan fingerprint density at radius 2 is 1.75 bits per heavy atom. The van der Waals surface area contributed by atoms with Gasteiger partial charge in [0.2, 0.25) is 0 Å². The Morgan fingerprint density at radius 3 is 2.25 bits per heavy atom. The summed E-state index contributed by atoms with van der Waals surface area (Å²) in [6, 6.07) is 5.36. The molecule has 1 unspecified atom stereocenters. The zero-order valence-corrected chi connectivity index (χ0v) is 12.9. The molecule has 1 aromatic carbocycles. The molecule has 112 valence electrons. The van der Waals surface area contributed by atoms with Gasteiger partial charge in [0.05, 0.1) is 14.2 Å².